The van der Waals surface area contributed by atoms with Crippen LogP contribution >= 0.6 is 0 Å². The van der Waals surface area contributed by atoms with Gasteiger partial charge < -0.3 is 0 Å². The number of aromatic nitrogens is 2. The lowest BCUT2D eigenvalue weighted by atomic mass is 9.88. The van der Waals surface area contributed by atoms with Crippen LogP contribution in [0, 0.1) is 13.8 Å². The van der Waals surface area contributed by atoms with Crippen LogP contribution in [-0.4, -0.2) is 9.97 Å². The number of nitrogens with zero attached hydrogens (tertiary/aromatic N) is 2. The molecule has 0 N–H and O–H groups in total. The van der Waals surface area contributed by atoms with Gasteiger partial charge in [0, 0.05) is 22.2 Å². The van der Waals surface area contributed by atoms with Crippen molar-refractivity contribution in [2.24, 2.45) is 0 Å². The summed E-state index contributed by atoms with van der Waals surface area (Å²) in [4.78, 5) is 9.92. The fourth-order valence-corrected chi connectivity index (χ4v) is 5.09. The Labute approximate surface area is 193 Å². The normalized spacial score (nSPS) is 11.9. The quantitative estimate of drug-likeness (QED) is 0.313. The lowest BCUT2D eigenvalue weighted by Gasteiger charge is -2.18. The fourth-order valence-electron chi connectivity index (χ4n) is 5.09. The van der Waals surface area contributed by atoms with Gasteiger partial charge >= 0.3 is 0 Å². The maximum atomic E-state index is 4.96. The number of hydrogen-bond acceptors (Lipinski definition) is 2. The van der Waals surface area contributed by atoms with Crippen molar-refractivity contribution in [1.29, 1.82) is 0 Å². The van der Waals surface area contributed by atoms with Crippen LogP contribution in [0.5, 0.6) is 0 Å². The highest BCUT2D eigenvalue weighted by Gasteiger charge is 2.15. The summed E-state index contributed by atoms with van der Waals surface area (Å²) >= 11 is 0. The zero-order valence-corrected chi connectivity index (χ0v) is 20.7. The highest BCUT2D eigenvalue weighted by atomic mass is 14.7. The zero-order chi connectivity index (χ0) is 23.0. The molecule has 0 unspecified atom stereocenters. The summed E-state index contributed by atoms with van der Waals surface area (Å²) in [6, 6.07) is 15.8. The third-order valence-electron chi connectivity index (χ3n) is 6.81. The molecule has 0 aliphatic rings. The molecule has 2 heterocycles. The van der Waals surface area contributed by atoms with E-state index in [1.807, 2.05) is 0 Å². The Morgan fingerprint density at radius 2 is 1.47 bits per heavy atom. The monoisotopic (exact) mass is 424 g/mol. The van der Waals surface area contributed by atoms with E-state index in [9.17, 15) is 0 Å². The maximum Gasteiger partial charge on any atom is 0.0708 e. The summed E-state index contributed by atoms with van der Waals surface area (Å²) in [5, 5.41) is 2.63. The Hall–Kier alpha value is -2.74. The molecule has 4 aromatic rings. The summed E-state index contributed by atoms with van der Waals surface area (Å²) in [7, 11) is 0. The first-order chi connectivity index (χ1) is 15.3. The predicted octanol–water partition coefficient (Wildman–Crippen LogP) is 7.99. The van der Waals surface area contributed by atoms with Crippen LogP contribution < -0.4 is 0 Å². The van der Waals surface area contributed by atoms with Gasteiger partial charge in [0.05, 0.1) is 11.0 Å². The third-order valence-corrected chi connectivity index (χ3v) is 6.81. The Morgan fingerprint density at radius 1 is 0.750 bits per heavy atom. The van der Waals surface area contributed by atoms with E-state index in [4.69, 9.17) is 9.97 Å². The van der Waals surface area contributed by atoms with Crippen LogP contribution in [0.4, 0.5) is 0 Å². The first kappa shape index (κ1) is 22.5. The van der Waals surface area contributed by atoms with Crippen molar-refractivity contribution in [2.45, 2.75) is 79.6 Å². The molecule has 0 spiro atoms. The van der Waals surface area contributed by atoms with Crippen molar-refractivity contribution in [3.8, 4) is 0 Å². The molecule has 0 bridgehead atoms. The van der Waals surface area contributed by atoms with E-state index in [2.05, 4.69) is 90.9 Å². The van der Waals surface area contributed by atoms with Crippen LogP contribution in [0.1, 0.15) is 85.7 Å². The molecule has 4 rings (SSSR count). The van der Waals surface area contributed by atoms with E-state index in [0.29, 0.717) is 11.8 Å². The molecule has 0 aliphatic carbocycles. The van der Waals surface area contributed by atoms with Crippen LogP contribution in [0.15, 0.2) is 42.5 Å². The van der Waals surface area contributed by atoms with Gasteiger partial charge in [-0.05, 0) is 97.0 Å². The average molecular weight is 425 g/mol. The SMILES string of the molecule is CCc1nc2ccc(CCc3cc4c(C(C)C)cccc4nc3C)c(C(C)C)c2cc1C. The van der Waals surface area contributed by atoms with E-state index in [1.54, 1.807) is 0 Å². The smallest absolute Gasteiger partial charge is 0.0708 e. The Balaban J connectivity index is 1.74. The van der Waals surface area contributed by atoms with E-state index in [0.717, 1.165) is 36.0 Å². The Kier molecular flexibility index (Phi) is 6.33. The standard InChI is InChI=1S/C30H36N2/c1-8-27-20(6)16-26-29(32-27)15-14-22(30(26)19(4)5)12-13-23-17-25-24(18(2)3)10-9-11-28(25)31-21(23)7/h9-11,14-19H,8,12-13H2,1-7H3. The average Bonchev–Trinajstić information content (AvgIpc) is 2.75. The number of benzene rings is 2. The molecule has 2 nitrogen and oxygen atoms in total. The lowest BCUT2D eigenvalue weighted by Crippen LogP contribution is -2.04. The van der Waals surface area contributed by atoms with E-state index < -0.39 is 0 Å². The highest BCUT2D eigenvalue weighted by Crippen LogP contribution is 2.32. The van der Waals surface area contributed by atoms with Gasteiger partial charge in [-0.15, -0.1) is 0 Å². The Bertz CT molecular complexity index is 1280. The van der Waals surface area contributed by atoms with Crippen molar-refractivity contribution in [3.05, 3.63) is 81.7 Å². The van der Waals surface area contributed by atoms with Crippen molar-refractivity contribution in [1.82, 2.24) is 9.97 Å². The van der Waals surface area contributed by atoms with Gasteiger partial charge in [0.25, 0.3) is 0 Å². The molecule has 2 heteroatoms. The second kappa shape index (κ2) is 9.02. The lowest BCUT2D eigenvalue weighted by molar-refractivity contribution is 0.834. The number of hydrogen-bond donors (Lipinski definition) is 0. The van der Waals surface area contributed by atoms with E-state index in [1.165, 1.54) is 44.3 Å². The van der Waals surface area contributed by atoms with Crippen LogP contribution in [0.25, 0.3) is 21.8 Å². The molecule has 0 saturated heterocycles. The molecule has 32 heavy (non-hydrogen) atoms. The minimum atomic E-state index is 0.464. The topological polar surface area (TPSA) is 25.8 Å². The minimum Gasteiger partial charge on any atom is -0.253 e. The van der Waals surface area contributed by atoms with E-state index >= 15 is 0 Å². The van der Waals surface area contributed by atoms with Gasteiger partial charge in [-0.1, -0.05) is 52.8 Å². The summed E-state index contributed by atoms with van der Waals surface area (Å²) < 4.78 is 0. The molecule has 2 aromatic carbocycles. The second-order valence-corrected chi connectivity index (χ2v) is 9.77. The Morgan fingerprint density at radius 3 is 2.16 bits per heavy atom. The van der Waals surface area contributed by atoms with Gasteiger partial charge in [-0.25, -0.2) is 0 Å². The van der Waals surface area contributed by atoms with Crippen LogP contribution in [0.3, 0.4) is 0 Å². The maximum absolute atomic E-state index is 4.96. The number of aryl methyl sites for hydroxylation is 5. The molecule has 0 atom stereocenters. The van der Waals surface area contributed by atoms with Gasteiger partial charge in [-0.2, -0.15) is 0 Å². The highest BCUT2D eigenvalue weighted by molar-refractivity contribution is 5.85. The van der Waals surface area contributed by atoms with E-state index in [-0.39, 0.29) is 0 Å². The van der Waals surface area contributed by atoms with Crippen LogP contribution in [0.2, 0.25) is 0 Å². The summed E-state index contributed by atoms with van der Waals surface area (Å²) in [5.74, 6) is 0.957. The summed E-state index contributed by atoms with van der Waals surface area (Å²) in [6.07, 6.45) is 3.01. The van der Waals surface area contributed by atoms with Gasteiger partial charge in [0.15, 0.2) is 0 Å². The molecule has 0 amide bonds. The summed E-state index contributed by atoms with van der Waals surface area (Å²) in [6.45, 7) is 15.7. The zero-order valence-electron chi connectivity index (χ0n) is 20.7. The first-order valence-corrected chi connectivity index (χ1v) is 12.1. The minimum absolute atomic E-state index is 0.464. The number of fused-ring (bicyclic) bond motifs is 2. The molecule has 2 aromatic heterocycles. The van der Waals surface area contributed by atoms with Gasteiger partial charge in [0.1, 0.15) is 0 Å². The van der Waals surface area contributed by atoms with Crippen molar-refractivity contribution >= 4 is 21.8 Å². The molecule has 166 valence electrons. The van der Waals surface area contributed by atoms with Crippen molar-refractivity contribution in [2.75, 3.05) is 0 Å². The van der Waals surface area contributed by atoms with Crippen LogP contribution in [-0.2, 0) is 19.3 Å². The number of pyridine rings is 2. The van der Waals surface area contributed by atoms with Crippen molar-refractivity contribution in [3.63, 3.8) is 0 Å². The predicted molar refractivity (Wildman–Crippen MR) is 138 cm³/mol. The first-order valence-electron chi connectivity index (χ1n) is 12.1. The molecule has 0 radical (unpaired) electrons. The van der Waals surface area contributed by atoms with Crippen molar-refractivity contribution < 1.29 is 0 Å². The molecular weight excluding hydrogens is 388 g/mol. The fraction of sp³-hybridized carbons (Fsp3) is 0.400. The second-order valence-electron chi connectivity index (χ2n) is 9.77. The number of rotatable bonds is 6. The molecule has 0 fully saturated rings. The van der Waals surface area contributed by atoms with Gasteiger partial charge in [0.2, 0.25) is 0 Å². The largest absolute Gasteiger partial charge is 0.253 e. The molecule has 0 aliphatic heterocycles. The third kappa shape index (κ3) is 4.16. The summed E-state index contributed by atoms with van der Waals surface area (Å²) in [5.41, 5.74) is 11.5. The molecular formula is C30H36N2. The molecule has 0 saturated carbocycles. The van der Waals surface area contributed by atoms with Gasteiger partial charge in [-0.3, -0.25) is 9.97 Å².